The number of benzene rings is 2. The van der Waals surface area contributed by atoms with Crippen LogP contribution in [0.15, 0.2) is 54.9 Å². The molecule has 2 atom stereocenters. The Morgan fingerprint density at radius 2 is 1.85 bits per heavy atom. The normalized spacial score (nSPS) is 16.3. The molecule has 244 valence electrons. The Bertz CT molecular complexity index is 2000. The first-order valence-corrected chi connectivity index (χ1v) is 15.2. The van der Waals surface area contributed by atoms with Crippen LogP contribution in [0.5, 0.6) is 11.6 Å². The summed E-state index contributed by atoms with van der Waals surface area (Å²) in [7, 11) is -4.68. The molecule has 1 aliphatic heterocycles. The smallest absolute Gasteiger partial charge is 0.407 e. The zero-order valence-electron chi connectivity index (χ0n) is 23.8. The summed E-state index contributed by atoms with van der Waals surface area (Å²) in [5.41, 5.74) is -1.63. The second-order valence-electron chi connectivity index (χ2n) is 10.2. The van der Waals surface area contributed by atoms with Crippen LogP contribution in [0.2, 0.25) is 0 Å². The molecule has 3 heterocycles. The fourth-order valence-corrected chi connectivity index (χ4v) is 5.92. The maximum Gasteiger partial charge on any atom is 0.407 e. The first-order chi connectivity index (χ1) is 22.3. The molecule has 0 spiro atoms. The van der Waals surface area contributed by atoms with Crippen LogP contribution in [0.4, 0.5) is 38.4 Å². The van der Waals surface area contributed by atoms with Gasteiger partial charge in [0.25, 0.3) is 0 Å². The highest BCUT2D eigenvalue weighted by molar-refractivity contribution is 7.91. The van der Waals surface area contributed by atoms with Gasteiger partial charge in [0.2, 0.25) is 27.7 Å². The van der Waals surface area contributed by atoms with E-state index in [1.807, 2.05) is 0 Å². The number of hydrogen-bond donors (Lipinski definition) is 3. The highest BCUT2D eigenvalue weighted by atomic mass is 32.2. The Morgan fingerprint density at radius 3 is 2.57 bits per heavy atom. The molecule has 2 aromatic heterocycles. The minimum Gasteiger partial charge on any atom is -0.465 e. The molecule has 4 aromatic rings. The van der Waals surface area contributed by atoms with Crippen molar-refractivity contribution in [1.82, 2.24) is 19.9 Å². The van der Waals surface area contributed by atoms with E-state index in [0.29, 0.717) is 6.07 Å². The van der Waals surface area contributed by atoms with E-state index < -0.39 is 74.4 Å². The van der Waals surface area contributed by atoms with Crippen molar-refractivity contribution in [1.29, 1.82) is 5.26 Å². The number of anilines is 2. The molecule has 5 rings (SSSR count). The average Bonchev–Trinajstić information content (AvgIpc) is 3.03. The van der Waals surface area contributed by atoms with Crippen molar-refractivity contribution in [2.24, 2.45) is 0 Å². The maximum absolute atomic E-state index is 15.1. The van der Waals surface area contributed by atoms with Crippen molar-refractivity contribution in [3.63, 3.8) is 0 Å². The molecule has 2 aromatic carbocycles. The summed E-state index contributed by atoms with van der Waals surface area (Å²) in [4.78, 5) is 24.6. The monoisotopic (exact) mass is 675 g/mol. The van der Waals surface area contributed by atoms with Crippen LogP contribution in [0, 0.1) is 34.6 Å². The van der Waals surface area contributed by atoms with Gasteiger partial charge in [0.1, 0.15) is 17.7 Å². The van der Waals surface area contributed by atoms with Crippen LogP contribution in [0.3, 0.4) is 0 Å². The number of halogens is 5. The first kappa shape index (κ1) is 32.8. The van der Waals surface area contributed by atoms with E-state index in [1.165, 1.54) is 30.6 Å². The Balaban J connectivity index is 1.36. The zero-order valence-corrected chi connectivity index (χ0v) is 24.6. The van der Waals surface area contributed by atoms with E-state index in [4.69, 9.17) is 10.00 Å². The van der Waals surface area contributed by atoms with Gasteiger partial charge < -0.3 is 20.1 Å². The predicted molar refractivity (Wildman–Crippen MR) is 156 cm³/mol. The van der Waals surface area contributed by atoms with Crippen molar-refractivity contribution in [2.45, 2.75) is 24.4 Å². The molecule has 47 heavy (non-hydrogen) atoms. The molecule has 12 nitrogen and oxygen atoms in total. The second kappa shape index (κ2) is 13.4. The second-order valence-corrected chi connectivity index (χ2v) is 11.9. The predicted octanol–water partition coefficient (Wildman–Crippen LogP) is 5.20. The fraction of sp³-hybridized carbons (Fsp3) is 0.207. The summed E-state index contributed by atoms with van der Waals surface area (Å²) in [5.74, 6) is -8.80. The van der Waals surface area contributed by atoms with Gasteiger partial charge in [-0.1, -0.05) is 6.07 Å². The number of hydrogen-bond acceptors (Lipinski definition) is 9. The highest BCUT2D eigenvalue weighted by Gasteiger charge is 2.31. The van der Waals surface area contributed by atoms with Gasteiger partial charge >= 0.3 is 6.09 Å². The number of aromatic nitrogens is 3. The number of amides is 1. The summed E-state index contributed by atoms with van der Waals surface area (Å²) in [6.07, 6.45) is -0.153. The maximum atomic E-state index is 15.1. The van der Waals surface area contributed by atoms with Gasteiger partial charge in [-0.2, -0.15) is 9.65 Å². The lowest BCUT2D eigenvalue weighted by atomic mass is 10.0. The van der Waals surface area contributed by atoms with E-state index in [-0.39, 0.29) is 48.2 Å². The van der Waals surface area contributed by atoms with Crippen molar-refractivity contribution >= 4 is 27.8 Å². The molecule has 1 aliphatic rings. The number of nitrogens with zero attached hydrogens (tertiary/aromatic N) is 5. The van der Waals surface area contributed by atoms with E-state index in [2.05, 4.69) is 20.3 Å². The van der Waals surface area contributed by atoms with Crippen LogP contribution < -0.4 is 14.8 Å². The summed E-state index contributed by atoms with van der Waals surface area (Å²) < 4.78 is 106. The summed E-state index contributed by atoms with van der Waals surface area (Å²) in [5, 5.41) is 20.9. The Morgan fingerprint density at radius 1 is 1.06 bits per heavy atom. The molecule has 0 radical (unpaired) electrons. The Hall–Kier alpha value is -5.57. The van der Waals surface area contributed by atoms with E-state index in [9.17, 15) is 27.1 Å². The summed E-state index contributed by atoms with van der Waals surface area (Å²) in [6.45, 7) is -0.298. The van der Waals surface area contributed by atoms with Gasteiger partial charge in [0.15, 0.2) is 17.4 Å². The average molecular weight is 676 g/mol. The molecular formula is C29H22F5N7O5S. The Labute approximate surface area is 263 Å². The number of carboxylic acid groups (broad SMARTS) is 1. The third kappa shape index (κ3) is 7.64. The first-order valence-electron chi connectivity index (χ1n) is 13.5. The van der Waals surface area contributed by atoms with Gasteiger partial charge in [-0.15, -0.1) is 0 Å². The molecule has 0 saturated carbocycles. The van der Waals surface area contributed by atoms with Gasteiger partial charge in [0.05, 0.1) is 35.2 Å². The molecule has 1 saturated heterocycles. The van der Waals surface area contributed by atoms with Crippen LogP contribution in [-0.4, -0.2) is 64.8 Å². The number of alkyl halides is 1. The zero-order chi connectivity index (χ0) is 33.9. The van der Waals surface area contributed by atoms with Crippen LogP contribution in [0.25, 0.3) is 11.3 Å². The lowest BCUT2D eigenvalue weighted by Gasteiger charge is -2.33. The van der Waals surface area contributed by atoms with E-state index >= 15 is 13.2 Å². The largest absolute Gasteiger partial charge is 0.465 e. The number of carbonyl (C=O) groups is 1. The number of nitriles is 1. The van der Waals surface area contributed by atoms with E-state index in [1.54, 1.807) is 10.8 Å². The SMILES string of the molecule is N#Cc1ccc(CS(=O)(=O)Nc2c(F)cc(Oc3ncccc3-c3ccnc(N[C@H]4C[C@H](F)CN(C(=O)O)C4)n3)c(F)c2F)c(F)c1. The lowest BCUT2D eigenvalue weighted by molar-refractivity contribution is 0.102. The van der Waals surface area contributed by atoms with Crippen molar-refractivity contribution in [2.75, 3.05) is 23.1 Å². The van der Waals surface area contributed by atoms with Crippen molar-refractivity contribution < 1.29 is 45.0 Å². The standard InChI is InChI=1S/C29H22F5N7O5S/c30-17-9-18(13-41(12-17)29(42)43)38-28-37-7-5-22(39-28)19-2-1-6-36-27(19)46-23-10-21(32)26(25(34)24(23)33)40-47(44,45)14-16-4-3-15(11-35)8-20(16)31/h1-8,10,17-18,40H,9,12-14H2,(H,42,43)(H,37,38,39)/t17-,18-/m0/s1. The third-order valence-corrected chi connectivity index (χ3v) is 8.03. The highest BCUT2D eigenvalue weighted by Crippen LogP contribution is 2.36. The van der Waals surface area contributed by atoms with Gasteiger partial charge in [-0.3, -0.25) is 4.72 Å². The van der Waals surface area contributed by atoms with Gasteiger partial charge in [0, 0.05) is 43.0 Å². The van der Waals surface area contributed by atoms with Crippen molar-refractivity contribution in [3.8, 4) is 29.0 Å². The molecule has 1 fully saturated rings. The minimum atomic E-state index is -4.68. The Kier molecular flexibility index (Phi) is 9.37. The number of piperidine rings is 1. The van der Waals surface area contributed by atoms with Gasteiger partial charge in [-0.05, 0) is 30.3 Å². The number of nitrogens with one attached hydrogen (secondary N) is 2. The van der Waals surface area contributed by atoms with Crippen LogP contribution >= 0.6 is 0 Å². The quantitative estimate of drug-likeness (QED) is 0.158. The molecular weight excluding hydrogens is 653 g/mol. The molecule has 3 N–H and O–H groups in total. The number of ether oxygens (including phenoxy) is 1. The number of sulfonamides is 1. The van der Waals surface area contributed by atoms with E-state index in [0.717, 1.165) is 23.1 Å². The molecule has 0 aliphatic carbocycles. The molecule has 0 bridgehead atoms. The third-order valence-electron chi connectivity index (χ3n) is 6.82. The number of pyridine rings is 1. The summed E-state index contributed by atoms with van der Waals surface area (Å²) >= 11 is 0. The van der Waals surface area contributed by atoms with Crippen LogP contribution in [0.1, 0.15) is 17.5 Å². The molecule has 0 unspecified atom stereocenters. The molecule has 18 heteroatoms. The fourth-order valence-electron chi connectivity index (χ4n) is 4.70. The molecule has 1 amide bonds. The van der Waals surface area contributed by atoms with Gasteiger partial charge in [-0.25, -0.2) is 45.7 Å². The lowest BCUT2D eigenvalue weighted by Crippen LogP contribution is -2.49. The van der Waals surface area contributed by atoms with Crippen molar-refractivity contribution in [3.05, 3.63) is 89.3 Å². The summed E-state index contributed by atoms with van der Waals surface area (Å²) in [6, 6.07) is 8.66. The van der Waals surface area contributed by atoms with Crippen LogP contribution in [-0.2, 0) is 15.8 Å². The minimum absolute atomic E-state index is 0.00644. The number of rotatable bonds is 9. The topological polar surface area (TPSA) is 170 Å². The number of likely N-dealkylation sites (tertiary alicyclic amines) is 1.